The number of sulfone groups is 1. The van der Waals surface area contributed by atoms with Crippen LogP contribution in [0.3, 0.4) is 0 Å². The van der Waals surface area contributed by atoms with Gasteiger partial charge in [0.2, 0.25) is 0 Å². The lowest BCUT2D eigenvalue weighted by atomic mass is 10.2. The van der Waals surface area contributed by atoms with Crippen molar-refractivity contribution in [1.82, 2.24) is 5.32 Å². The highest BCUT2D eigenvalue weighted by molar-refractivity contribution is 9.10. The van der Waals surface area contributed by atoms with E-state index in [1.807, 2.05) is 0 Å². The fraction of sp³-hybridized carbons (Fsp3) is 0.417. The molecule has 1 amide bonds. The van der Waals surface area contributed by atoms with Crippen LogP contribution < -0.4 is 10.1 Å². The monoisotopic (exact) mass is 347 g/mol. The molecule has 2 rings (SSSR count). The molecule has 1 fully saturated rings. The summed E-state index contributed by atoms with van der Waals surface area (Å²) in [6.45, 7) is 0. The highest BCUT2D eigenvalue weighted by Crippen LogP contribution is 2.25. The summed E-state index contributed by atoms with van der Waals surface area (Å²) >= 11 is 3.31. The molecule has 0 aliphatic carbocycles. The molecule has 0 spiro atoms. The molecule has 1 atom stereocenters. The number of hydrogen-bond acceptors (Lipinski definition) is 4. The van der Waals surface area contributed by atoms with E-state index in [2.05, 4.69) is 21.2 Å². The third kappa shape index (κ3) is 3.48. The van der Waals surface area contributed by atoms with Gasteiger partial charge < -0.3 is 10.1 Å². The zero-order valence-electron chi connectivity index (χ0n) is 10.3. The molecule has 1 unspecified atom stereocenters. The van der Waals surface area contributed by atoms with Crippen molar-refractivity contribution in [2.24, 2.45) is 0 Å². The van der Waals surface area contributed by atoms with Gasteiger partial charge >= 0.3 is 0 Å². The zero-order chi connectivity index (χ0) is 14.0. The molecule has 1 saturated heterocycles. The molecule has 0 aromatic heterocycles. The SMILES string of the molecule is COc1ccc(C(=O)NC2CCS(=O)(=O)C2)cc1Br. The van der Waals surface area contributed by atoms with Gasteiger partial charge in [0, 0.05) is 11.6 Å². The minimum atomic E-state index is -2.99. The Morgan fingerprint density at radius 2 is 2.21 bits per heavy atom. The molecule has 0 bridgehead atoms. The Hall–Kier alpha value is -1.08. The van der Waals surface area contributed by atoms with Crippen LogP contribution in [-0.2, 0) is 9.84 Å². The maximum Gasteiger partial charge on any atom is 0.251 e. The summed E-state index contributed by atoms with van der Waals surface area (Å²) in [4.78, 5) is 12.0. The van der Waals surface area contributed by atoms with E-state index in [1.165, 1.54) is 0 Å². The van der Waals surface area contributed by atoms with Crippen molar-refractivity contribution in [3.63, 3.8) is 0 Å². The average molecular weight is 348 g/mol. The van der Waals surface area contributed by atoms with E-state index in [9.17, 15) is 13.2 Å². The number of ether oxygens (including phenoxy) is 1. The topological polar surface area (TPSA) is 72.5 Å². The lowest BCUT2D eigenvalue weighted by molar-refractivity contribution is 0.0941. The Morgan fingerprint density at radius 3 is 2.74 bits per heavy atom. The van der Waals surface area contributed by atoms with Crippen LogP contribution in [0.5, 0.6) is 5.75 Å². The van der Waals surface area contributed by atoms with Gasteiger partial charge in [0.15, 0.2) is 9.84 Å². The van der Waals surface area contributed by atoms with Gasteiger partial charge in [0.25, 0.3) is 5.91 Å². The lowest BCUT2D eigenvalue weighted by Gasteiger charge is -2.11. The van der Waals surface area contributed by atoms with Crippen molar-refractivity contribution in [2.75, 3.05) is 18.6 Å². The smallest absolute Gasteiger partial charge is 0.251 e. The van der Waals surface area contributed by atoms with Crippen LogP contribution in [0.1, 0.15) is 16.8 Å². The second-order valence-corrected chi connectivity index (χ2v) is 7.51. The van der Waals surface area contributed by atoms with Crippen LogP contribution in [-0.4, -0.2) is 39.0 Å². The Morgan fingerprint density at radius 1 is 1.47 bits per heavy atom. The Kier molecular flexibility index (Phi) is 4.15. The number of methoxy groups -OCH3 is 1. The second kappa shape index (κ2) is 5.50. The molecular formula is C12H14BrNO4S. The molecule has 1 aromatic rings. The van der Waals surface area contributed by atoms with E-state index >= 15 is 0 Å². The van der Waals surface area contributed by atoms with Gasteiger partial charge in [0.1, 0.15) is 5.75 Å². The van der Waals surface area contributed by atoms with E-state index in [0.29, 0.717) is 22.2 Å². The fourth-order valence-corrected chi connectivity index (χ4v) is 4.20. The predicted octanol–water partition coefficient (Wildman–Crippen LogP) is 1.37. The first-order valence-electron chi connectivity index (χ1n) is 5.76. The van der Waals surface area contributed by atoms with Crippen molar-refractivity contribution in [3.8, 4) is 5.75 Å². The van der Waals surface area contributed by atoms with Gasteiger partial charge in [-0.05, 0) is 40.5 Å². The van der Waals surface area contributed by atoms with Gasteiger partial charge in [0.05, 0.1) is 23.1 Å². The molecule has 5 nitrogen and oxygen atoms in total. The van der Waals surface area contributed by atoms with Crippen molar-refractivity contribution < 1.29 is 17.9 Å². The van der Waals surface area contributed by atoms with Crippen molar-refractivity contribution >= 4 is 31.7 Å². The van der Waals surface area contributed by atoms with Crippen LogP contribution in [0.25, 0.3) is 0 Å². The molecule has 19 heavy (non-hydrogen) atoms. The van der Waals surface area contributed by atoms with Crippen molar-refractivity contribution in [1.29, 1.82) is 0 Å². The average Bonchev–Trinajstić information content (AvgIpc) is 2.68. The van der Waals surface area contributed by atoms with Gasteiger partial charge in [-0.1, -0.05) is 0 Å². The fourth-order valence-electron chi connectivity index (χ4n) is 1.99. The number of nitrogens with one attached hydrogen (secondary N) is 1. The van der Waals surface area contributed by atoms with Crippen LogP contribution in [0.4, 0.5) is 0 Å². The number of amides is 1. The molecule has 1 heterocycles. The highest BCUT2D eigenvalue weighted by atomic mass is 79.9. The molecule has 0 radical (unpaired) electrons. The molecule has 7 heteroatoms. The van der Waals surface area contributed by atoms with E-state index in [-0.39, 0.29) is 23.5 Å². The minimum Gasteiger partial charge on any atom is -0.496 e. The summed E-state index contributed by atoms with van der Waals surface area (Å²) in [5.41, 5.74) is 0.469. The van der Waals surface area contributed by atoms with Gasteiger partial charge in [-0.2, -0.15) is 0 Å². The number of benzene rings is 1. The largest absolute Gasteiger partial charge is 0.496 e. The minimum absolute atomic E-state index is 0.0239. The molecule has 0 saturated carbocycles. The van der Waals surface area contributed by atoms with E-state index in [1.54, 1.807) is 25.3 Å². The molecular weight excluding hydrogens is 334 g/mol. The normalized spacial score (nSPS) is 21.1. The summed E-state index contributed by atoms with van der Waals surface area (Å²) in [6.07, 6.45) is 0.478. The third-order valence-corrected chi connectivity index (χ3v) is 5.37. The zero-order valence-corrected chi connectivity index (χ0v) is 12.8. The van der Waals surface area contributed by atoms with Crippen LogP contribution >= 0.6 is 15.9 Å². The molecule has 104 valence electrons. The lowest BCUT2D eigenvalue weighted by Crippen LogP contribution is -2.35. The predicted molar refractivity (Wildman–Crippen MR) is 75.2 cm³/mol. The van der Waals surface area contributed by atoms with E-state index in [0.717, 1.165) is 0 Å². The second-order valence-electron chi connectivity index (χ2n) is 4.42. The van der Waals surface area contributed by atoms with Crippen LogP contribution in [0, 0.1) is 0 Å². The standard InChI is InChI=1S/C12H14BrNO4S/c1-18-11-3-2-8(6-10(11)13)12(15)14-9-4-5-19(16,17)7-9/h2-3,6,9H,4-5,7H2,1H3,(H,14,15). The summed E-state index contributed by atoms with van der Waals surface area (Å²) in [5, 5.41) is 2.74. The summed E-state index contributed by atoms with van der Waals surface area (Å²) in [7, 11) is -1.44. The molecule has 1 aromatic carbocycles. The number of carbonyl (C=O) groups is 1. The Labute approximate surface area is 120 Å². The molecule has 1 N–H and O–H groups in total. The van der Waals surface area contributed by atoms with E-state index in [4.69, 9.17) is 4.74 Å². The quantitative estimate of drug-likeness (QED) is 0.896. The molecule has 1 aliphatic rings. The first-order valence-corrected chi connectivity index (χ1v) is 8.37. The summed E-state index contributed by atoms with van der Waals surface area (Å²) < 4.78 is 28.4. The maximum atomic E-state index is 12.0. The van der Waals surface area contributed by atoms with E-state index < -0.39 is 9.84 Å². The summed E-state index contributed by atoms with van der Waals surface area (Å²) in [6, 6.07) is 4.68. The first kappa shape index (κ1) is 14.3. The van der Waals surface area contributed by atoms with Gasteiger partial charge in [-0.15, -0.1) is 0 Å². The summed E-state index contributed by atoms with van der Waals surface area (Å²) in [5.74, 6) is 0.533. The number of hydrogen-bond donors (Lipinski definition) is 1. The third-order valence-electron chi connectivity index (χ3n) is 2.98. The van der Waals surface area contributed by atoms with Gasteiger partial charge in [-0.3, -0.25) is 4.79 Å². The molecule has 1 aliphatic heterocycles. The number of rotatable bonds is 3. The number of halogens is 1. The Bertz CT molecular complexity index is 600. The van der Waals surface area contributed by atoms with Crippen LogP contribution in [0.15, 0.2) is 22.7 Å². The van der Waals surface area contributed by atoms with Crippen LogP contribution in [0.2, 0.25) is 0 Å². The van der Waals surface area contributed by atoms with Crippen molar-refractivity contribution in [3.05, 3.63) is 28.2 Å². The maximum absolute atomic E-state index is 12.0. The highest BCUT2D eigenvalue weighted by Gasteiger charge is 2.29. The number of carbonyl (C=O) groups excluding carboxylic acids is 1. The van der Waals surface area contributed by atoms with Gasteiger partial charge in [-0.25, -0.2) is 8.42 Å². The first-order chi connectivity index (χ1) is 8.91. The van der Waals surface area contributed by atoms with Crippen molar-refractivity contribution in [2.45, 2.75) is 12.5 Å². The Balaban J connectivity index is 2.06.